The van der Waals surface area contributed by atoms with Gasteiger partial charge in [-0.3, -0.25) is 15.0 Å². The third kappa shape index (κ3) is 4.13. The molecule has 1 aliphatic rings. The van der Waals surface area contributed by atoms with Crippen LogP contribution >= 0.6 is 11.3 Å². The fourth-order valence-corrected chi connectivity index (χ4v) is 3.78. The number of nitrogens with one attached hydrogen (secondary N) is 1. The monoisotopic (exact) mass is 345 g/mol. The number of nitrogens with zero attached hydrogens (tertiary/aromatic N) is 2. The molecule has 6 heteroatoms. The van der Waals surface area contributed by atoms with Crippen LogP contribution in [-0.4, -0.2) is 35.5 Å². The first-order valence-electron chi connectivity index (χ1n) is 8.30. The summed E-state index contributed by atoms with van der Waals surface area (Å²) in [6.07, 6.45) is 5.73. The highest BCUT2D eigenvalue weighted by Crippen LogP contribution is 2.24. The number of aromatic nitrogens is 1. The molecular weight excluding hydrogens is 322 g/mol. The molecule has 1 unspecified atom stereocenters. The van der Waals surface area contributed by atoms with Gasteiger partial charge >= 0.3 is 0 Å². The molecule has 0 bridgehead atoms. The van der Waals surface area contributed by atoms with Gasteiger partial charge in [-0.15, -0.1) is 11.3 Å². The SMILES string of the molecule is COc1ccc(C(=O)Nc2ncc(CN3CCCCC3C)s2)cc1. The van der Waals surface area contributed by atoms with E-state index in [1.54, 1.807) is 42.7 Å². The van der Waals surface area contributed by atoms with Gasteiger partial charge in [0.25, 0.3) is 5.91 Å². The quantitative estimate of drug-likeness (QED) is 0.896. The predicted octanol–water partition coefficient (Wildman–Crippen LogP) is 3.78. The summed E-state index contributed by atoms with van der Waals surface area (Å²) >= 11 is 1.55. The van der Waals surface area contributed by atoms with Crippen LogP contribution in [0.15, 0.2) is 30.5 Å². The Bertz CT molecular complexity index is 684. The van der Waals surface area contributed by atoms with E-state index in [1.165, 1.54) is 24.1 Å². The highest BCUT2D eigenvalue weighted by molar-refractivity contribution is 7.15. The zero-order valence-corrected chi connectivity index (χ0v) is 14.9. The number of piperidine rings is 1. The number of carbonyl (C=O) groups excluding carboxylic acids is 1. The van der Waals surface area contributed by atoms with Crippen LogP contribution < -0.4 is 10.1 Å². The van der Waals surface area contributed by atoms with Crippen molar-refractivity contribution in [3.8, 4) is 5.75 Å². The van der Waals surface area contributed by atoms with Crippen LogP contribution in [0, 0.1) is 0 Å². The van der Waals surface area contributed by atoms with E-state index in [1.807, 2.05) is 6.20 Å². The third-order valence-electron chi connectivity index (χ3n) is 4.43. The number of methoxy groups -OCH3 is 1. The second-order valence-corrected chi connectivity index (χ2v) is 7.24. The molecule has 2 heterocycles. The minimum Gasteiger partial charge on any atom is -0.497 e. The lowest BCUT2D eigenvalue weighted by molar-refractivity contribution is 0.102. The maximum Gasteiger partial charge on any atom is 0.257 e. The molecule has 1 aromatic heterocycles. The Labute approximate surface area is 146 Å². The standard InChI is InChI=1S/C18H23N3O2S/c1-13-5-3-4-10-21(13)12-16-11-19-18(24-16)20-17(22)14-6-8-15(23-2)9-7-14/h6-9,11,13H,3-5,10,12H2,1-2H3,(H,19,20,22). The van der Waals surface area contributed by atoms with Crippen molar-refractivity contribution >= 4 is 22.4 Å². The van der Waals surface area contributed by atoms with Crippen molar-refractivity contribution in [3.05, 3.63) is 40.9 Å². The van der Waals surface area contributed by atoms with Crippen LogP contribution in [0.4, 0.5) is 5.13 Å². The van der Waals surface area contributed by atoms with Gasteiger partial charge in [0.15, 0.2) is 5.13 Å². The Hall–Kier alpha value is -1.92. The summed E-state index contributed by atoms with van der Waals surface area (Å²) in [6, 6.07) is 7.67. The van der Waals surface area contributed by atoms with E-state index < -0.39 is 0 Å². The topological polar surface area (TPSA) is 54.5 Å². The van der Waals surface area contributed by atoms with Crippen LogP contribution in [0.2, 0.25) is 0 Å². The molecule has 0 spiro atoms. The Morgan fingerprint density at radius 3 is 2.88 bits per heavy atom. The van der Waals surface area contributed by atoms with E-state index in [0.717, 1.165) is 18.8 Å². The molecule has 3 rings (SSSR count). The summed E-state index contributed by atoms with van der Waals surface area (Å²) in [7, 11) is 1.61. The largest absolute Gasteiger partial charge is 0.497 e. The molecular formula is C18H23N3O2S. The number of ether oxygens (including phenoxy) is 1. The van der Waals surface area contributed by atoms with Crippen molar-refractivity contribution < 1.29 is 9.53 Å². The lowest BCUT2D eigenvalue weighted by Crippen LogP contribution is -2.36. The fraction of sp³-hybridized carbons (Fsp3) is 0.444. The number of carbonyl (C=O) groups is 1. The number of hydrogen-bond acceptors (Lipinski definition) is 5. The summed E-state index contributed by atoms with van der Waals surface area (Å²) in [6.45, 7) is 4.34. The molecule has 1 fully saturated rings. The van der Waals surface area contributed by atoms with Gasteiger partial charge in [0, 0.05) is 29.2 Å². The van der Waals surface area contributed by atoms with Crippen molar-refractivity contribution in [1.82, 2.24) is 9.88 Å². The van der Waals surface area contributed by atoms with E-state index in [4.69, 9.17) is 4.74 Å². The average molecular weight is 345 g/mol. The molecule has 1 aromatic carbocycles. The highest BCUT2D eigenvalue weighted by Gasteiger charge is 2.19. The molecule has 1 atom stereocenters. The fourth-order valence-electron chi connectivity index (χ4n) is 2.94. The van der Waals surface area contributed by atoms with Crippen molar-refractivity contribution in [2.45, 2.75) is 38.8 Å². The number of anilines is 1. The zero-order chi connectivity index (χ0) is 16.9. The minimum absolute atomic E-state index is 0.148. The minimum atomic E-state index is -0.148. The van der Waals surface area contributed by atoms with Crippen molar-refractivity contribution in [3.63, 3.8) is 0 Å². The number of likely N-dealkylation sites (tertiary alicyclic amines) is 1. The molecule has 2 aromatic rings. The normalized spacial score (nSPS) is 18.3. The maximum absolute atomic E-state index is 12.3. The first-order chi connectivity index (χ1) is 11.7. The Morgan fingerprint density at radius 1 is 1.38 bits per heavy atom. The number of amides is 1. The zero-order valence-electron chi connectivity index (χ0n) is 14.1. The summed E-state index contributed by atoms with van der Waals surface area (Å²) < 4.78 is 5.10. The number of thiazole rings is 1. The third-order valence-corrected chi connectivity index (χ3v) is 5.32. The number of rotatable bonds is 5. The van der Waals surface area contributed by atoms with Crippen molar-refractivity contribution in [1.29, 1.82) is 0 Å². The first-order valence-corrected chi connectivity index (χ1v) is 9.11. The molecule has 0 aliphatic carbocycles. The second kappa shape index (κ2) is 7.77. The Kier molecular flexibility index (Phi) is 5.48. The van der Waals surface area contributed by atoms with Crippen molar-refractivity contribution in [2.75, 3.05) is 19.0 Å². The van der Waals surface area contributed by atoms with Gasteiger partial charge in [0.2, 0.25) is 0 Å². The maximum atomic E-state index is 12.3. The summed E-state index contributed by atoms with van der Waals surface area (Å²) in [4.78, 5) is 20.3. The average Bonchev–Trinajstić information content (AvgIpc) is 3.04. The lowest BCUT2D eigenvalue weighted by atomic mass is 10.0. The van der Waals surface area contributed by atoms with E-state index in [9.17, 15) is 4.79 Å². The van der Waals surface area contributed by atoms with Crippen LogP contribution in [0.5, 0.6) is 5.75 Å². The van der Waals surface area contributed by atoms with Crippen LogP contribution in [0.1, 0.15) is 41.4 Å². The summed E-state index contributed by atoms with van der Waals surface area (Å²) in [5.74, 6) is 0.587. The second-order valence-electron chi connectivity index (χ2n) is 6.13. The van der Waals surface area contributed by atoms with Gasteiger partial charge in [0.1, 0.15) is 5.75 Å². The smallest absolute Gasteiger partial charge is 0.257 e. The van der Waals surface area contributed by atoms with Gasteiger partial charge in [0.05, 0.1) is 7.11 Å². The molecule has 24 heavy (non-hydrogen) atoms. The van der Waals surface area contributed by atoms with Gasteiger partial charge in [-0.05, 0) is 50.6 Å². The van der Waals surface area contributed by atoms with Crippen LogP contribution in [-0.2, 0) is 6.54 Å². The van der Waals surface area contributed by atoms with Gasteiger partial charge in [-0.1, -0.05) is 6.42 Å². The molecule has 128 valence electrons. The van der Waals surface area contributed by atoms with Gasteiger partial charge in [-0.25, -0.2) is 4.98 Å². The lowest BCUT2D eigenvalue weighted by Gasteiger charge is -2.32. The summed E-state index contributed by atoms with van der Waals surface area (Å²) in [5.41, 5.74) is 0.595. The van der Waals surface area contributed by atoms with Crippen LogP contribution in [0.25, 0.3) is 0 Å². The van der Waals surface area contributed by atoms with Gasteiger partial charge in [-0.2, -0.15) is 0 Å². The van der Waals surface area contributed by atoms with Crippen LogP contribution in [0.3, 0.4) is 0 Å². The van der Waals surface area contributed by atoms with E-state index >= 15 is 0 Å². The highest BCUT2D eigenvalue weighted by atomic mass is 32.1. The molecule has 1 saturated heterocycles. The Morgan fingerprint density at radius 2 is 2.17 bits per heavy atom. The molecule has 1 amide bonds. The number of hydrogen-bond donors (Lipinski definition) is 1. The Balaban J connectivity index is 1.59. The molecule has 1 aliphatic heterocycles. The molecule has 5 nitrogen and oxygen atoms in total. The molecule has 1 N–H and O–H groups in total. The van der Waals surface area contributed by atoms with E-state index in [-0.39, 0.29) is 5.91 Å². The molecule has 0 radical (unpaired) electrons. The van der Waals surface area contributed by atoms with E-state index in [2.05, 4.69) is 22.1 Å². The van der Waals surface area contributed by atoms with Gasteiger partial charge < -0.3 is 4.74 Å². The van der Waals surface area contributed by atoms with Crippen molar-refractivity contribution in [2.24, 2.45) is 0 Å². The predicted molar refractivity (Wildman–Crippen MR) is 96.8 cm³/mol. The van der Waals surface area contributed by atoms with E-state index in [0.29, 0.717) is 16.7 Å². The first kappa shape index (κ1) is 16.9. The molecule has 0 saturated carbocycles. The number of benzene rings is 1. The summed E-state index contributed by atoms with van der Waals surface area (Å²) in [5, 5.41) is 3.52.